The van der Waals surface area contributed by atoms with Crippen LogP contribution in [0, 0.1) is 13.8 Å². The van der Waals surface area contributed by atoms with Gasteiger partial charge in [0.25, 0.3) is 0 Å². The number of aromatic nitrogens is 1. The van der Waals surface area contributed by atoms with Crippen molar-refractivity contribution in [2.45, 2.75) is 13.8 Å². The molecule has 1 aromatic heterocycles. The van der Waals surface area contributed by atoms with E-state index in [9.17, 15) is 5.11 Å². The number of aliphatic imine (C=N–C) groups is 1. The Hall–Kier alpha value is -2.50. The summed E-state index contributed by atoms with van der Waals surface area (Å²) < 4.78 is 1.86. The van der Waals surface area contributed by atoms with Crippen LogP contribution in [0.25, 0.3) is 20.8 Å². The fourth-order valence-corrected chi connectivity index (χ4v) is 4.40. The molecule has 0 saturated heterocycles. The first kappa shape index (κ1) is 17.9. The number of aromatic hydroxyl groups is 1. The normalized spacial score (nSPS) is 11.5. The number of nitrogens with zero attached hydrogens (tertiary/aromatic N) is 2. The lowest BCUT2D eigenvalue weighted by atomic mass is 10.1. The third-order valence-electron chi connectivity index (χ3n) is 4.25. The molecule has 0 bridgehead atoms. The average Bonchev–Trinajstić information content (AvgIpc) is 3.07. The van der Waals surface area contributed by atoms with E-state index in [0.717, 1.165) is 27.3 Å². The van der Waals surface area contributed by atoms with Crippen molar-refractivity contribution in [3.05, 3.63) is 75.8 Å². The number of rotatable bonds is 3. The molecule has 134 valence electrons. The molecule has 0 amide bonds. The van der Waals surface area contributed by atoms with Gasteiger partial charge >= 0.3 is 0 Å². The Morgan fingerprint density at radius 1 is 1.00 bits per heavy atom. The van der Waals surface area contributed by atoms with E-state index < -0.39 is 0 Å². The summed E-state index contributed by atoms with van der Waals surface area (Å²) in [5, 5.41) is 11.1. The summed E-state index contributed by atoms with van der Waals surface area (Å²) in [5.74, 6) is 0.200. The van der Waals surface area contributed by atoms with Crippen LogP contribution in [0.4, 0.5) is 5.69 Å². The fraction of sp³-hybridized carbons (Fsp3) is 0.0909. The van der Waals surface area contributed by atoms with Crippen LogP contribution >= 0.6 is 27.3 Å². The van der Waals surface area contributed by atoms with Gasteiger partial charge in [0.15, 0.2) is 0 Å². The number of phenolic OH excluding ortho intramolecular Hbond substituents is 1. The van der Waals surface area contributed by atoms with E-state index in [2.05, 4.69) is 46.0 Å². The predicted molar refractivity (Wildman–Crippen MR) is 118 cm³/mol. The second kappa shape index (κ2) is 7.25. The summed E-state index contributed by atoms with van der Waals surface area (Å²) >= 11 is 5.05. The van der Waals surface area contributed by atoms with Crippen molar-refractivity contribution in [2.24, 2.45) is 4.99 Å². The van der Waals surface area contributed by atoms with E-state index >= 15 is 0 Å². The Morgan fingerprint density at radius 3 is 2.56 bits per heavy atom. The van der Waals surface area contributed by atoms with E-state index in [0.29, 0.717) is 10.0 Å². The minimum atomic E-state index is 0.200. The van der Waals surface area contributed by atoms with Crippen LogP contribution in [-0.2, 0) is 0 Å². The molecule has 0 unspecified atom stereocenters. The molecule has 0 fully saturated rings. The molecule has 0 spiro atoms. The predicted octanol–water partition coefficient (Wildman–Crippen LogP) is 6.80. The second-order valence-corrected chi connectivity index (χ2v) is 8.36. The highest BCUT2D eigenvalue weighted by atomic mass is 79.9. The third kappa shape index (κ3) is 3.80. The highest BCUT2D eigenvalue weighted by Crippen LogP contribution is 2.32. The van der Waals surface area contributed by atoms with Crippen molar-refractivity contribution in [3.8, 4) is 16.3 Å². The van der Waals surface area contributed by atoms with Crippen molar-refractivity contribution >= 4 is 49.4 Å². The molecule has 4 aromatic rings. The number of aryl methyl sites for hydroxylation is 2. The Kier molecular flexibility index (Phi) is 4.81. The Bertz CT molecular complexity index is 1160. The molecule has 0 saturated carbocycles. The topological polar surface area (TPSA) is 45.5 Å². The van der Waals surface area contributed by atoms with Gasteiger partial charge < -0.3 is 5.11 Å². The molecule has 0 aliphatic heterocycles. The lowest BCUT2D eigenvalue weighted by Crippen LogP contribution is -1.86. The van der Waals surface area contributed by atoms with Crippen molar-refractivity contribution in [2.75, 3.05) is 0 Å². The molecule has 0 aliphatic carbocycles. The molecule has 5 heteroatoms. The maximum Gasteiger partial charge on any atom is 0.138 e. The molecule has 0 radical (unpaired) electrons. The molecule has 0 atom stereocenters. The monoisotopic (exact) mass is 436 g/mol. The number of hydrogen-bond donors (Lipinski definition) is 1. The van der Waals surface area contributed by atoms with Gasteiger partial charge in [-0.2, -0.15) is 0 Å². The molecule has 0 aliphatic rings. The number of phenols is 1. The molecule has 4 rings (SSSR count). The largest absolute Gasteiger partial charge is 0.506 e. The Labute approximate surface area is 170 Å². The van der Waals surface area contributed by atoms with Gasteiger partial charge in [0, 0.05) is 17.3 Å². The van der Waals surface area contributed by atoms with Gasteiger partial charge in [-0.15, -0.1) is 11.3 Å². The summed E-state index contributed by atoms with van der Waals surface area (Å²) in [7, 11) is 0. The maximum absolute atomic E-state index is 10.1. The van der Waals surface area contributed by atoms with E-state index in [1.54, 1.807) is 17.6 Å². The first-order chi connectivity index (χ1) is 13.0. The number of hydrogen-bond acceptors (Lipinski definition) is 4. The van der Waals surface area contributed by atoms with E-state index in [1.165, 1.54) is 10.3 Å². The molecule has 1 N–H and O–H groups in total. The first-order valence-electron chi connectivity index (χ1n) is 8.50. The lowest BCUT2D eigenvalue weighted by Gasteiger charge is -2.03. The second-order valence-electron chi connectivity index (χ2n) is 6.48. The van der Waals surface area contributed by atoms with Crippen LogP contribution in [0.2, 0.25) is 0 Å². The average molecular weight is 437 g/mol. The van der Waals surface area contributed by atoms with Crippen LogP contribution in [0.3, 0.4) is 0 Å². The Morgan fingerprint density at radius 2 is 1.78 bits per heavy atom. The SMILES string of the molecule is Cc1cc(Br)c(O)c(C=Nc2ccc(-c3nc4cc(C)ccc4s3)cc2)c1. The number of thiazole rings is 1. The summed E-state index contributed by atoms with van der Waals surface area (Å²) in [6.45, 7) is 4.06. The Balaban J connectivity index is 1.60. The van der Waals surface area contributed by atoms with Crippen molar-refractivity contribution < 1.29 is 5.11 Å². The van der Waals surface area contributed by atoms with E-state index in [4.69, 9.17) is 4.98 Å². The van der Waals surface area contributed by atoms with Gasteiger partial charge in [-0.3, -0.25) is 4.99 Å². The summed E-state index contributed by atoms with van der Waals surface area (Å²) in [5.41, 5.74) is 5.91. The summed E-state index contributed by atoms with van der Waals surface area (Å²) in [6.07, 6.45) is 1.68. The molecular formula is C22H17BrN2OS. The van der Waals surface area contributed by atoms with Gasteiger partial charge in [0.1, 0.15) is 10.8 Å². The minimum Gasteiger partial charge on any atom is -0.506 e. The van der Waals surface area contributed by atoms with Gasteiger partial charge in [-0.05, 0) is 89.4 Å². The zero-order chi connectivity index (χ0) is 19.0. The minimum absolute atomic E-state index is 0.200. The van der Waals surface area contributed by atoms with Gasteiger partial charge in [-0.1, -0.05) is 6.07 Å². The molecule has 27 heavy (non-hydrogen) atoms. The zero-order valence-corrected chi connectivity index (χ0v) is 17.3. The molecule has 3 aromatic carbocycles. The summed E-state index contributed by atoms with van der Waals surface area (Å²) in [4.78, 5) is 9.23. The maximum atomic E-state index is 10.1. The van der Waals surface area contributed by atoms with Crippen LogP contribution in [0.1, 0.15) is 16.7 Å². The standard InChI is InChI=1S/C22H17BrN2OS/c1-13-3-8-20-19(11-13)25-22(27-20)15-4-6-17(7-5-15)24-12-16-9-14(2)10-18(23)21(16)26/h3-12,26H,1-2H3. The highest BCUT2D eigenvalue weighted by molar-refractivity contribution is 9.10. The number of fused-ring (bicyclic) bond motifs is 1. The quantitative estimate of drug-likeness (QED) is 0.358. The molecule has 3 nitrogen and oxygen atoms in total. The van der Waals surface area contributed by atoms with Crippen LogP contribution in [0.15, 0.2) is 64.1 Å². The number of halogens is 1. The van der Waals surface area contributed by atoms with E-state index in [-0.39, 0.29) is 5.75 Å². The van der Waals surface area contributed by atoms with Crippen LogP contribution < -0.4 is 0 Å². The van der Waals surface area contributed by atoms with Gasteiger partial charge in [0.2, 0.25) is 0 Å². The molecule has 1 heterocycles. The first-order valence-corrected chi connectivity index (χ1v) is 10.1. The highest BCUT2D eigenvalue weighted by Gasteiger charge is 2.07. The van der Waals surface area contributed by atoms with Crippen LogP contribution in [-0.4, -0.2) is 16.3 Å². The lowest BCUT2D eigenvalue weighted by molar-refractivity contribution is 0.471. The summed E-state index contributed by atoms with van der Waals surface area (Å²) in [6, 6.07) is 18.1. The fourth-order valence-electron chi connectivity index (χ4n) is 2.85. The van der Waals surface area contributed by atoms with Gasteiger partial charge in [-0.25, -0.2) is 4.98 Å². The van der Waals surface area contributed by atoms with Gasteiger partial charge in [0.05, 0.1) is 20.4 Å². The zero-order valence-electron chi connectivity index (χ0n) is 14.9. The van der Waals surface area contributed by atoms with Crippen molar-refractivity contribution in [3.63, 3.8) is 0 Å². The van der Waals surface area contributed by atoms with Crippen molar-refractivity contribution in [1.29, 1.82) is 0 Å². The third-order valence-corrected chi connectivity index (χ3v) is 5.94. The molecular weight excluding hydrogens is 420 g/mol. The number of benzene rings is 3. The van der Waals surface area contributed by atoms with Crippen LogP contribution in [0.5, 0.6) is 5.75 Å². The van der Waals surface area contributed by atoms with E-state index in [1.807, 2.05) is 43.3 Å². The van der Waals surface area contributed by atoms with Crippen molar-refractivity contribution in [1.82, 2.24) is 4.98 Å². The smallest absolute Gasteiger partial charge is 0.138 e.